The highest BCUT2D eigenvalue weighted by Crippen LogP contribution is 2.30. The molecule has 0 radical (unpaired) electrons. The van der Waals surface area contributed by atoms with Crippen LogP contribution < -0.4 is 15.2 Å². The maximum Gasteiger partial charge on any atom is 0.172 e. The van der Waals surface area contributed by atoms with Gasteiger partial charge in [-0.3, -0.25) is 4.68 Å². The molecule has 0 saturated carbocycles. The third-order valence-electron chi connectivity index (χ3n) is 3.04. The first-order chi connectivity index (χ1) is 9.06. The minimum atomic E-state index is -0.389. The quantitative estimate of drug-likeness (QED) is 0.895. The van der Waals surface area contributed by atoms with Crippen LogP contribution in [0.1, 0.15) is 23.3 Å². The fourth-order valence-electron chi connectivity index (χ4n) is 1.81. The average molecular weight is 262 g/mol. The van der Waals surface area contributed by atoms with Gasteiger partial charge < -0.3 is 15.2 Å². The number of rotatable bonds is 4. The predicted molar refractivity (Wildman–Crippen MR) is 71.3 cm³/mol. The molecule has 2 rings (SSSR count). The van der Waals surface area contributed by atoms with Crippen LogP contribution in [0.4, 0.5) is 0 Å². The highest BCUT2D eigenvalue weighted by Gasteiger charge is 2.17. The van der Waals surface area contributed by atoms with Gasteiger partial charge in [-0.2, -0.15) is 5.10 Å². The molecule has 0 saturated heterocycles. The zero-order chi connectivity index (χ0) is 14.0. The fraction of sp³-hybridized carbons (Fsp3) is 0.385. The molecule has 1 unspecified atom stereocenters. The largest absolute Gasteiger partial charge is 0.493 e. The lowest BCUT2D eigenvalue weighted by Crippen LogP contribution is -2.14. The maximum atomic E-state index is 6.18. The van der Waals surface area contributed by atoms with Crippen LogP contribution in [0.25, 0.3) is 0 Å². The third kappa shape index (κ3) is 2.53. The number of hydrogen-bond donors (Lipinski definition) is 1. The Hall–Kier alpha value is -2.08. The topological polar surface area (TPSA) is 75.2 Å². The lowest BCUT2D eigenvalue weighted by Gasteiger charge is -2.12. The summed E-state index contributed by atoms with van der Waals surface area (Å²) in [5.41, 5.74) is 7.06. The van der Waals surface area contributed by atoms with Gasteiger partial charge in [-0.25, -0.2) is 4.98 Å². The number of nitrogens with two attached hydrogens (primary N) is 1. The van der Waals surface area contributed by atoms with E-state index >= 15 is 0 Å². The smallest absolute Gasteiger partial charge is 0.172 e. The van der Waals surface area contributed by atoms with E-state index in [0.717, 1.165) is 11.4 Å². The molecular formula is C13H18N4O2. The van der Waals surface area contributed by atoms with Crippen LogP contribution in [0, 0.1) is 6.92 Å². The number of benzene rings is 1. The van der Waals surface area contributed by atoms with Crippen molar-refractivity contribution in [1.29, 1.82) is 0 Å². The van der Waals surface area contributed by atoms with Crippen molar-refractivity contribution in [2.75, 3.05) is 14.2 Å². The summed E-state index contributed by atoms with van der Waals surface area (Å²) < 4.78 is 12.2. The van der Waals surface area contributed by atoms with Crippen LogP contribution in [0.5, 0.6) is 11.5 Å². The van der Waals surface area contributed by atoms with Crippen molar-refractivity contribution < 1.29 is 9.47 Å². The number of ether oxygens (including phenoxy) is 2. The molecule has 102 valence electrons. The van der Waals surface area contributed by atoms with Crippen LogP contribution in [-0.2, 0) is 7.05 Å². The first-order valence-electron chi connectivity index (χ1n) is 5.92. The van der Waals surface area contributed by atoms with Gasteiger partial charge in [0.1, 0.15) is 5.82 Å². The molecule has 19 heavy (non-hydrogen) atoms. The first kappa shape index (κ1) is 13.4. The van der Waals surface area contributed by atoms with E-state index in [1.54, 1.807) is 18.9 Å². The third-order valence-corrected chi connectivity index (χ3v) is 3.04. The lowest BCUT2D eigenvalue weighted by molar-refractivity contribution is 0.354. The van der Waals surface area contributed by atoms with Crippen LogP contribution in [0.3, 0.4) is 0 Å². The molecule has 0 spiro atoms. The van der Waals surface area contributed by atoms with E-state index in [1.165, 1.54) is 0 Å². The van der Waals surface area contributed by atoms with E-state index in [-0.39, 0.29) is 6.04 Å². The molecule has 2 N–H and O–H groups in total. The van der Waals surface area contributed by atoms with E-state index in [9.17, 15) is 0 Å². The predicted octanol–water partition coefficient (Wildman–Crippen LogP) is 1.19. The molecule has 0 fully saturated rings. The Morgan fingerprint density at radius 3 is 2.42 bits per heavy atom. The number of nitrogens with zero attached hydrogens (tertiary/aromatic N) is 3. The molecule has 2 aromatic rings. The zero-order valence-corrected chi connectivity index (χ0v) is 11.5. The van der Waals surface area contributed by atoms with E-state index in [0.29, 0.717) is 17.3 Å². The average Bonchev–Trinajstić information content (AvgIpc) is 2.77. The summed E-state index contributed by atoms with van der Waals surface area (Å²) in [6, 6.07) is 5.16. The van der Waals surface area contributed by atoms with Gasteiger partial charge >= 0.3 is 0 Å². The molecule has 1 heterocycles. The second-order valence-electron chi connectivity index (χ2n) is 4.23. The molecule has 1 atom stereocenters. The van der Waals surface area contributed by atoms with Gasteiger partial charge in [0.15, 0.2) is 17.3 Å². The molecule has 6 nitrogen and oxygen atoms in total. The summed E-state index contributed by atoms with van der Waals surface area (Å²) in [7, 11) is 5.03. The zero-order valence-electron chi connectivity index (χ0n) is 11.5. The van der Waals surface area contributed by atoms with Crippen molar-refractivity contribution in [2.24, 2.45) is 12.8 Å². The van der Waals surface area contributed by atoms with E-state index < -0.39 is 0 Å². The van der Waals surface area contributed by atoms with Gasteiger partial charge in [-0.15, -0.1) is 0 Å². The van der Waals surface area contributed by atoms with E-state index in [2.05, 4.69) is 10.1 Å². The van der Waals surface area contributed by atoms with Crippen molar-refractivity contribution in [3.05, 3.63) is 35.4 Å². The van der Waals surface area contributed by atoms with Crippen LogP contribution in [0.15, 0.2) is 18.2 Å². The first-order valence-corrected chi connectivity index (χ1v) is 5.92. The second kappa shape index (κ2) is 5.27. The molecule has 0 bridgehead atoms. The van der Waals surface area contributed by atoms with Crippen molar-refractivity contribution in [1.82, 2.24) is 14.8 Å². The Kier molecular flexibility index (Phi) is 3.71. The molecule has 1 aromatic heterocycles. The van der Waals surface area contributed by atoms with Gasteiger partial charge in [-0.1, -0.05) is 6.07 Å². The van der Waals surface area contributed by atoms with Gasteiger partial charge in [-0.05, 0) is 24.6 Å². The van der Waals surface area contributed by atoms with E-state index in [4.69, 9.17) is 15.2 Å². The normalized spacial score (nSPS) is 12.3. The van der Waals surface area contributed by atoms with Crippen molar-refractivity contribution in [3.8, 4) is 11.5 Å². The van der Waals surface area contributed by atoms with Crippen LogP contribution in [-0.4, -0.2) is 29.0 Å². The molecular weight excluding hydrogens is 244 g/mol. The Labute approximate surface area is 112 Å². The van der Waals surface area contributed by atoms with Crippen molar-refractivity contribution >= 4 is 0 Å². The minimum absolute atomic E-state index is 0.389. The Balaban J connectivity index is 2.35. The van der Waals surface area contributed by atoms with E-state index in [1.807, 2.05) is 32.2 Å². The minimum Gasteiger partial charge on any atom is -0.493 e. The maximum absolute atomic E-state index is 6.18. The molecule has 0 aliphatic heterocycles. The molecule has 0 aliphatic carbocycles. The van der Waals surface area contributed by atoms with Crippen LogP contribution >= 0.6 is 0 Å². The number of hydrogen-bond acceptors (Lipinski definition) is 5. The van der Waals surface area contributed by atoms with Crippen molar-refractivity contribution in [2.45, 2.75) is 13.0 Å². The molecule has 0 aliphatic rings. The van der Waals surface area contributed by atoms with Gasteiger partial charge in [0, 0.05) is 7.05 Å². The summed E-state index contributed by atoms with van der Waals surface area (Å²) >= 11 is 0. The molecule has 1 aromatic carbocycles. The fourth-order valence-corrected chi connectivity index (χ4v) is 1.81. The summed E-state index contributed by atoms with van der Waals surface area (Å²) in [6.07, 6.45) is 0. The summed E-state index contributed by atoms with van der Waals surface area (Å²) in [5, 5.41) is 4.29. The highest BCUT2D eigenvalue weighted by molar-refractivity contribution is 5.44. The molecule has 0 amide bonds. The monoisotopic (exact) mass is 262 g/mol. The van der Waals surface area contributed by atoms with Crippen LogP contribution in [0.2, 0.25) is 0 Å². The van der Waals surface area contributed by atoms with Gasteiger partial charge in [0.25, 0.3) is 0 Å². The Morgan fingerprint density at radius 2 is 1.89 bits per heavy atom. The second-order valence-corrected chi connectivity index (χ2v) is 4.23. The van der Waals surface area contributed by atoms with Gasteiger partial charge in [0.2, 0.25) is 0 Å². The number of aryl methyl sites for hydroxylation is 2. The Morgan fingerprint density at radius 1 is 1.21 bits per heavy atom. The standard InChI is InChI=1S/C13H18N4O2/c1-8-15-13(16-17(8)2)12(14)9-5-6-10(18-3)11(7-9)19-4/h5-7,12H,14H2,1-4H3. The lowest BCUT2D eigenvalue weighted by atomic mass is 10.1. The highest BCUT2D eigenvalue weighted by atomic mass is 16.5. The van der Waals surface area contributed by atoms with Gasteiger partial charge in [0.05, 0.1) is 20.3 Å². The number of aromatic nitrogens is 3. The summed E-state index contributed by atoms with van der Waals surface area (Å²) in [6.45, 7) is 1.89. The molecule has 6 heteroatoms. The SMILES string of the molecule is COc1ccc(C(N)c2nc(C)n(C)n2)cc1OC. The Bertz CT molecular complexity index is 561. The van der Waals surface area contributed by atoms with Crippen molar-refractivity contribution in [3.63, 3.8) is 0 Å². The summed E-state index contributed by atoms with van der Waals surface area (Å²) in [4.78, 5) is 4.34. The summed E-state index contributed by atoms with van der Waals surface area (Å²) in [5.74, 6) is 2.73. The number of methoxy groups -OCH3 is 2.